The highest BCUT2D eigenvalue weighted by Crippen LogP contribution is 2.37. The van der Waals surface area contributed by atoms with Gasteiger partial charge in [0.1, 0.15) is 0 Å². The molecule has 0 amide bonds. The molecule has 4 heteroatoms. The molecule has 0 aliphatic carbocycles. The van der Waals surface area contributed by atoms with Gasteiger partial charge in [-0.2, -0.15) is 0 Å². The highest BCUT2D eigenvalue weighted by Gasteiger charge is 2.25. The number of hydrogen-bond donors (Lipinski definition) is 2. The topological polar surface area (TPSA) is 38.0 Å². The number of halogens is 2. The van der Waals surface area contributed by atoms with Crippen LogP contribution in [0.3, 0.4) is 0 Å². The van der Waals surface area contributed by atoms with Crippen LogP contribution in [0.4, 0.5) is 5.69 Å². The number of para-hydroxylation sites is 1. The number of fused-ring (bicyclic) bond motifs is 1. The van der Waals surface area contributed by atoms with Gasteiger partial charge in [0.05, 0.1) is 0 Å². The lowest BCUT2D eigenvalue weighted by atomic mass is 9.85. The molecule has 2 nitrogen and oxygen atoms in total. The van der Waals surface area contributed by atoms with Gasteiger partial charge in [-0.05, 0) is 34.9 Å². The van der Waals surface area contributed by atoms with Crippen LogP contribution >= 0.6 is 23.2 Å². The van der Waals surface area contributed by atoms with Crippen LogP contribution in [0.5, 0.6) is 0 Å². The van der Waals surface area contributed by atoms with Gasteiger partial charge in [0.2, 0.25) is 0 Å². The van der Waals surface area contributed by atoms with Gasteiger partial charge in [0, 0.05) is 34.7 Å². The van der Waals surface area contributed by atoms with E-state index in [9.17, 15) is 0 Å². The lowest BCUT2D eigenvalue weighted by Gasteiger charge is -2.28. The second kappa shape index (κ2) is 5.04. The van der Waals surface area contributed by atoms with E-state index in [1.165, 1.54) is 5.56 Å². The molecule has 0 saturated heterocycles. The molecule has 0 bridgehead atoms. The maximum absolute atomic E-state index is 6.28. The third-order valence-corrected chi connectivity index (χ3v) is 4.15. The number of anilines is 1. The van der Waals surface area contributed by atoms with Crippen molar-refractivity contribution >= 4 is 28.9 Å². The zero-order valence-corrected chi connectivity index (χ0v) is 11.8. The van der Waals surface area contributed by atoms with Gasteiger partial charge in [0.15, 0.2) is 0 Å². The normalized spacial score (nSPS) is 18.1. The average Bonchev–Trinajstić information content (AvgIpc) is 2.39. The molecule has 0 spiro atoms. The SMILES string of the molecule is Nc1ccccc1[C@@H]1CNCc2c(Cl)cc(Cl)cc21. The molecule has 19 heavy (non-hydrogen) atoms. The van der Waals surface area contributed by atoms with Gasteiger partial charge in [-0.1, -0.05) is 41.4 Å². The predicted molar refractivity (Wildman–Crippen MR) is 80.9 cm³/mol. The van der Waals surface area contributed by atoms with Crippen LogP contribution in [0, 0.1) is 0 Å². The van der Waals surface area contributed by atoms with Gasteiger partial charge < -0.3 is 11.1 Å². The molecule has 1 atom stereocenters. The van der Waals surface area contributed by atoms with E-state index >= 15 is 0 Å². The fourth-order valence-electron chi connectivity index (χ4n) is 2.68. The van der Waals surface area contributed by atoms with Gasteiger partial charge in [0.25, 0.3) is 0 Å². The average molecular weight is 293 g/mol. The van der Waals surface area contributed by atoms with E-state index in [2.05, 4.69) is 11.4 Å². The first-order valence-electron chi connectivity index (χ1n) is 6.19. The highest BCUT2D eigenvalue weighted by molar-refractivity contribution is 6.35. The second-order valence-corrected chi connectivity index (χ2v) is 5.61. The summed E-state index contributed by atoms with van der Waals surface area (Å²) in [6.07, 6.45) is 0. The zero-order valence-electron chi connectivity index (χ0n) is 10.3. The van der Waals surface area contributed by atoms with Crippen LogP contribution in [0.1, 0.15) is 22.6 Å². The van der Waals surface area contributed by atoms with Crippen LogP contribution in [-0.4, -0.2) is 6.54 Å². The molecule has 0 saturated carbocycles. The Morgan fingerprint density at radius 3 is 2.68 bits per heavy atom. The minimum absolute atomic E-state index is 0.196. The molecule has 1 heterocycles. The minimum Gasteiger partial charge on any atom is -0.398 e. The quantitative estimate of drug-likeness (QED) is 0.785. The summed E-state index contributed by atoms with van der Waals surface area (Å²) in [7, 11) is 0. The highest BCUT2D eigenvalue weighted by atomic mass is 35.5. The number of nitrogen functional groups attached to an aromatic ring is 1. The number of benzene rings is 2. The van der Waals surface area contributed by atoms with Crippen molar-refractivity contribution in [2.45, 2.75) is 12.5 Å². The summed E-state index contributed by atoms with van der Waals surface area (Å²) in [6, 6.07) is 11.7. The molecule has 2 aromatic rings. The molecular formula is C15H14Cl2N2. The van der Waals surface area contributed by atoms with Crippen LogP contribution < -0.4 is 11.1 Å². The first-order valence-corrected chi connectivity index (χ1v) is 6.95. The minimum atomic E-state index is 0.196. The van der Waals surface area contributed by atoms with E-state index < -0.39 is 0 Å². The molecule has 3 N–H and O–H groups in total. The van der Waals surface area contributed by atoms with Crippen molar-refractivity contribution in [2.24, 2.45) is 0 Å². The summed E-state index contributed by atoms with van der Waals surface area (Å²) >= 11 is 12.4. The van der Waals surface area contributed by atoms with Gasteiger partial charge in [-0.25, -0.2) is 0 Å². The monoisotopic (exact) mass is 292 g/mol. The summed E-state index contributed by atoms with van der Waals surface area (Å²) < 4.78 is 0. The zero-order chi connectivity index (χ0) is 13.4. The van der Waals surface area contributed by atoms with E-state index in [1.807, 2.05) is 24.3 Å². The van der Waals surface area contributed by atoms with Crippen molar-refractivity contribution in [3.8, 4) is 0 Å². The molecule has 1 aliphatic rings. The Kier molecular flexibility index (Phi) is 3.40. The lowest BCUT2D eigenvalue weighted by Crippen LogP contribution is -2.29. The summed E-state index contributed by atoms with van der Waals surface area (Å²) in [5.41, 5.74) is 10.3. The third-order valence-electron chi connectivity index (χ3n) is 3.59. The summed E-state index contributed by atoms with van der Waals surface area (Å²) in [4.78, 5) is 0. The van der Waals surface area contributed by atoms with E-state index in [0.29, 0.717) is 10.0 Å². The fourth-order valence-corrected chi connectivity index (χ4v) is 3.25. The molecule has 0 aromatic heterocycles. The predicted octanol–water partition coefficient (Wildman–Crippen LogP) is 3.81. The Labute approximate surface area is 122 Å². The van der Waals surface area contributed by atoms with Crippen LogP contribution in [-0.2, 0) is 6.54 Å². The maximum Gasteiger partial charge on any atom is 0.0468 e. The van der Waals surface area contributed by atoms with Crippen molar-refractivity contribution < 1.29 is 0 Å². The van der Waals surface area contributed by atoms with Crippen LogP contribution in [0.2, 0.25) is 10.0 Å². The Morgan fingerprint density at radius 1 is 1.11 bits per heavy atom. The van der Waals surface area contributed by atoms with Crippen molar-refractivity contribution in [3.05, 3.63) is 63.1 Å². The Balaban J connectivity index is 2.15. The molecule has 1 aliphatic heterocycles. The number of nitrogens with one attached hydrogen (secondary N) is 1. The standard InChI is InChI=1S/C15H14Cl2N2/c16-9-5-11-12(10-3-1-2-4-15(10)18)7-19-8-13(11)14(17)6-9/h1-6,12,19H,7-8,18H2/t12-/m0/s1. The fraction of sp³-hybridized carbons (Fsp3) is 0.200. The van der Waals surface area contributed by atoms with Crippen molar-refractivity contribution in [1.29, 1.82) is 0 Å². The molecule has 3 rings (SSSR count). The number of rotatable bonds is 1. The molecule has 0 radical (unpaired) electrons. The Hall–Kier alpha value is -1.22. The largest absolute Gasteiger partial charge is 0.398 e. The first-order chi connectivity index (χ1) is 9.16. The molecule has 0 fully saturated rings. The maximum atomic E-state index is 6.28. The summed E-state index contributed by atoms with van der Waals surface area (Å²) in [6.45, 7) is 1.62. The smallest absolute Gasteiger partial charge is 0.0468 e. The molecule has 2 aromatic carbocycles. The number of nitrogens with two attached hydrogens (primary N) is 1. The van der Waals surface area contributed by atoms with E-state index in [0.717, 1.165) is 29.9 Å². The second-order valence-electron chi connectivity index (χ2n) is 4.77. The van der Waals surface area contributed by atoms with Crippen LogP contribution in [0.25, 0.3) is 0 Å². The Bertz CT molecular complexity index is 626. The van der Waals surface area contributed by atoms with Gasteiger partial charge >= 0.3 is 0 Å². The Morgan fingerprint density at radius 2 is 1.89 bits per heavy atom. The van der Waals surface area contributed by atoms with E-state index in [-0.39, 0.29) is 5.92 Å². The van der Waals surface area contributed by atoms with E-state index in [1.54, 1.807) is 6.07 Å². The summed E-state index contributed by atoms with van der Waals surface area (Å²) in [5, 5.41) is 4.78. The van der Waals surface area contributed by atoms with E-state index in [4.69, 9.17) is 28.9 Å². The summed E-state index contributed by atoms with van der Waals surface area (Å²) in [5.74, 6) is 0.196. The van der Waals surface area contributed by atoms with Crippen molar-refractivity contribution in [1.82, 2.24) is 5.32 Å². The number of hydrogen-bond acceptors (Lipinski definition) is 2. The molecule has 98 valence electrons. The molecular weight excluding hydrogens is 279 g/mol. The first kappa shape index (κ1) is 12.8. The van der Waals surface area contributed by atoms with Gasteiger partial charge in [-0.15, -0.1) is 0 Å². The van der Waals surface area contributed by atoms with Gasteiger partial charge in [-0.3, -0.25) is 0 Å². The van der Waals surface area contributed by atoms with Crippen LogP contribution in [0.15, 0.2) is 36.4 Å². The molecule has 0 unspecified atom stereocenters. The third kappa shape index (κ3) is 2.32. The lowest BCUT2D eigenvalue weighted by molar-refractivity contribution is 0.592. The van der Waals surface area contributed by atoms with Crippen molar-refractivity contribution in [2.75, 3.05) is 12.3 Å². The van der Waals surface area contributed by atoms with Crippen molar-refractivity contribution in [3.63, 3.8) is 0 Å².